The van der Waals surface area contributed by atoms with Crippen LogP contribution in [0.25, 0.3) is 6.08 Å². The second kappa shape index (κ2) is 5.39. The zero-order chi connectivity index (χ0) is 11.3. The lowest BCUT2D eigenvalue weighted by atomic mass is 10.1. The summed E-state index contributed by atoms with van der Waals surface area (Å²) >= 11 is 0. The summed E-state index contributed by atoms with van der Waals surface area (Å²) in [6, 6.07) is 2.03. The van der Waals surface area contributed by atoms with Gasteiger partial charge in [-0.3, -0.25) is 4.98 Å². The SMILES string of the molecule is CCCc1cc(/C=C(/C)N)ncc1OC. The molecule has 0 atom stereocenters. The van der Waals surface area contributed by atoms with E-state index in [0.29, 0.717) is 0 Å². The largest absolute Gasteiger partial charge is 0.495 e. The Morgan fingerprint density at radius 1 is 1.60 bits per heavy atom. The van der Waals surface area contributed by atoms with Crippen LogP contribution < -0.4 is 10.5 Å². The lowest BCUT2D eigenvalue weighted by Gasteiger charge is -2.07. The smallest absolute Gasteiger partial charge is 0.140 e. The molecule has 2 N–H and O–H groups in total. The first-order chi connectivity index (χ1) is 7.17. The molecule has 0 unspecified atom stereocenters. The van der Waals surface area contributed by atoms with Gasteiger partial charge < -0.3 is 10.5 Å². The third kappa shape index (κ3) is 3.27. The maximum Gasteiger partial charge on any atom is 0.140 e. The van der Waals surface area contributed by atoms with E-state index in [1.54, 1.807) is 13.3 Å². The van der Waals surface area contributed by atoms with Crippen molar-refractivity contribution in [2.45, 2.75) is 26.7 Å². The molecule has 0 bridgehead atoms. The Kier molecular flexibility index (Phi) is 4.16. The highest BCUT2D eigenvalue weighted by molar-refractivity contribution is 5.50. The van der Waals surface area contributed by atoms with Crippen LogP contribution in [-0.4, -0.2) is 12.1 Å². The highest BCUT2D eigenvalue weighted by Crippen LogP contribution is 2.20. The highest BCUT2D eigenvalue weighted by atomic mass is 16.5. The number of allylic oxidation sites excluding steroid dienone is 1. The zero-order valence-corrected chi connectivity index (χ0v) is 9.58. The maximum absolute atomic E-state index is 5.61. The summed E-state index contributed by atoms with van der Waals surface area (Å²) in [5.41, 5.74) is 8.44. The molecule has 0 saturated heterocycles. The molecule has 15 heavy (non-hydrogen) atoms. The number of aromatic nitrogens is 1. The Balaban J connectivity index is 3.04. The lowest BCUT2D eigenvalue weighted by Crippen LogP contribution is -1.96. The van der Waals surface area contributed by atoms with Crippen molar-refractivity contribution in [3.63, 3.8) is 0 Å². The Morgan fingerprint density at radius 3 is 2.87 bits per heavy atom. The van der Waals surface area contributed by atoms with Crippen molar-refractivity contribution in [1.29, 1.82) is 0 Å². The summed E-state index contributed by atoms with van der Waals surface area (Å²) in [6.07, 6.45) is 5.69. The van der Waals surface area contributed by atoms with Gasteiger partial charge in [-0.05, 0) is 31.1 Å². The van der Waals surface area contributed by atoms with E-state index < -0.39 is 0 Å². The van der Waals surface area contributed by atoms with E-state index in [-0.39, 0.29) is 0 Å². The fourth-order valence-electron chi connectivity index (χ4n) is 1.46. The summed E-state index contributed by atoms with van der Waals surface area (Å²) in [6.45, 7) is 4.00. The molecule has 3 heteroatoms. The van der Waals surface area contributed by atoms with E-state index in [9.17, 15) is 0 Å². The maximum atomic E-state index is 5.61. The molecule has 0 fully saturated rings. The first kappa shape index (κ1) is 11.6. The van der Waals surface area contributed by atoms with Gasteiger partial charge in [0.1, 0.15) is 5.75 Å². The predicted octanol–water partition coefficient (Wildman–Crippen LogP) is 2.36. The normalized spacial score (nSPS) is 11.5. The number of rotatable bonds is 4. The number of nitrogens with zero attached hydrogens (tertiary/aromatic N) is 1. The average Bonchev–Trinajstić information content (AvgIpc) is 2.18. The first-order valence-electron chi connectivity index (χ1n) is 5.14. The summed E-state index contributed by atoms with van der Waals surface area (Å²) < 4.78 is 5.24. The third-order valence-electron chi connectivity index (χ3n) is 2.08. The molecule has 3 nitrogen and oxygen atoms in total. The number of methoxy groups -OCH3 is 1. The van der Waals surface area contributed by atoms with Crippen LogP contribution in [0.2, 0.25) is 0 Å². The summed E-state index contributed by atoms with van der Waals surface area (Å²) in [4.78, 5) is 4.25. The van der Waals surface area contributed by atoms with Gasteiger partial charge in [-0.1, -0.05) is 13.3 Å². The standard InChI is InChI=1S/C12H18N2O/c1-4-5-10-7-11(6-9(2)13)14-8-12(10)15-3/h6-8H,4-5,13H2,1-3H3/b9-6-. The Hall–Kier alpha value is -1.51. The fourth-order valence-corrected chi connectivity index (χ4v) is 1.46. The number of aryl methyl sites for hydroxylation is 1. The van der Waals surface area contributed by atoms with Crippen molar-refractivity contribution in [3.8, 4) is 5.75 Å². The van der Waals surface area contributed by atoms with Crippen molar-refractivity contribution in [3.05, 3.63) is 29.2 Å². The first-order valence-corrected chi connectivity index (χ1v) is 5.14. The van der Waals surface area contributed by atoms with E-state index in [1.165, 1.54) is 5.56 Å². The molecule has 1 aromatic rings. The quantitative estimate of drug-likeness (QED) is 0.822. The van der Waals surface area contributed by atoms with Crippen LogP contribution >= 0.6 is 0 Å². The van der Waals surface area contributed by atoms with Gasteiger partial charge in [0.25, 0.3) is 0 Å². The summed E-state index contributed by atoms with van der Waals surface area (Å²) in [5, 5.41) is 0. The van der Waals surface area contributed by atoms with Gasteiger partial charge in [0.2, 0.25) is 0 Å². The molecule has 0 aliphatic carbocycles. The summed E-state index contributed by atoms with van der Waals surface area (Å²) in [5.74, 6) is 0.851. The molecule has 1 rings (SSSR count). The van der Waals surface area contributed by atoms with E-state index in [2.05, 4.69) is 11.9 Å². The minimum Gasteiger partial charge on any atom is -0.495 e. The van der Waals surface area contributed by atoms with E-state index in [1.807, 2.05) is 19.1 Å². The van der Waals surface area contributed by atoms with Crippen molar-refractivity contribution >= 4 is 6.08 Å². The number of nitrogens with two attached hydrogens (primary N) is 1. The van der Waals surface area contributed by atoms with Gasteiger partial charge >= 0.3 is 0 Å². The molecular weight excluding hydrogens is 188 g/mol. The number of hydrogen-bond donors (Lipinski definition) is 1. The van der Waals surface area contributed by atoms with E-state index >= 15 is 0 Å². The van der Waals surface area contributed by atoms with Crippen LogP contribution in [0.4, 0.5) is 0 Å². The number of hydrogen-bond acceptors (Lipinski definition) is 3. The van der Waals surface area contributed by atoms with Crippen molar-refractivity contribution in [2.24, 2.45) is 5.73 Å². The Bertz CT molecular complexity index is 355. The number of pyridine rings is 1. The average molecular weight is 206 g/mol. The van der Waals surface area contributed by atoms with Gasteiger partial charge in [-0.15, -0.1) is 0 Å². The van der Waals surface area contributed by atoms with Gasteiger partial charge in [0.15, 0.2) is 0 Å². The van der Waals surface area contributed by atoms with Crippen molar-refractivity contribution in [1.82, 2.24) is 4.98 Å². The number of ether oxygens (including phenoxy) is 1. The van der Waals surface area contributed by atoms with Gasteiger partial charge in [0, 0.05) is 5.70 Å². The molecule has 0 aliphatic heterocycles. The van der Waals surface area contributed by atoms with Crippen LogP contribution in [0.15, 0.2) is 18.0 Å². The lowest BCUT2D eigenvalue weighted by molar-refractivity contribution is 0.407. The topological polar surface area (TPSA) is 48.1 Å². The highest BCUT2D eigenvalue weighted by Gasteiger charge is 2.03. The second-order valence-electron chi connectivity index (χ2n) is 3.56. The van der Waals surface area contributed by atoms with Crippen LogP contribution in [0.1, 0.15) is 31.5 Å². The molecule has 0 saturated carbocycles. The molecule has 1 heterocycles. The van der Waals surface area contributed by atoms with Crippen LogP contribution in [0.3, 0.4) is 0 Å². The minimum atomic E-state index is 0.759. The molecule has 0 radical (unpaired) electrons. The summed E-state index contributed by atoms with van der Waals surface area (Å²) in [7, 11) is 1.67. The monoisotopic (exact) mass is 206 g/mol. The molecule has 0 aliphatic rings. The molecular formula is C12H18N2O. The van der Waals surface area contributed by atoms with Gasteiger partial charge in [0.05, 0.1) is 19.0 Å². The fraction of sp³-hybridized carbons (Fsp3) is 0.417. The van der Waals surface area contributed by atoms with Gasteiger partial charge in [-0.25, -0.2) is 0 Å². The Labute approximate surface area is 91.0 Å². The molecule has 1 aromatic heterocycles. The molecule has 0 amide bonds. The van der Waals surface area contributed by atoms with E-state index in [4.69, 9.17) is 10.5 Å². The minimum absolute atomic E-state index is 0.759. The Morgan fingerprint density at radius 2 is 2.33 bits per heavy atom. The van der Waals surface area contributed by atoms with Crippen molar-refractivity contribution < 1.29 is 4.74 Å². The third-order valence-corrected chi connectivity index (χ3v) is 2.08. The van der Waals surface area contributed by atoms with Gasteiger partial charge in [-0.2, -0.15) is 0 Å². The van der Waals surface area contributed by atoms with Crippen LogP contribution in [-0.2, 0) is 6.42 Å². The molecule has 0 spiro atoms. The van der Waals surface area contributed by atoms with Crippen LogP contribution in [0.5, 0.6) is 5.75 Å². The second-order valence-corrected chi connectivity index (χ2v) is 3.56. The molecule has 82 valence electrons. The molecule has 0 aromatic carbocycles. The predicted molar refractivity (Wildman–Crippen MR) is 62.6 cm³/mol. The zero-order valence-electron chi connectivity index (χ0n) is 9.58. The van der Waals surface area contributed by atoms with Crippen molar-refractivity contribution in [2.75, 3.05) is 7.11 Å². The van der Waals surface area contributed by atoms with E-state index in [0.717, 1.165) is 30.0 Å². The van der Waals surface area contributed by atoms with Crippen LogP contribution in [0, 0.1) is 0 Å².